The molecule has 0 fully saturated rings. The molecule has 0 aliphatic carbocycles. The third-order valence-electron chi connectivity index (χ3n) is 1.79. The first-order valence-corrected chi connectivity index (χ1v) is 3.89. The van der Waals surface area contributed by atoms with Crippen LogP contribution in [-0.2, 0) is 13.5 Å². The van der Waals surface area contributed by atoms with E-state index >= 15 is 0 Å². The monoisotopic (exact) mass is 155 g/mol. The number of nitrogens with zero attached hydrogens (tertiary/aromatic N) is 1. The number of aromatic nitrogens is 2. The molecule has 0 atom stereocenters. The molecule has 0 spiro atoms. The van der Waals surface area contributed by atoms with Crippen LogP contribution in [0.15, 0.2) is 6.20 Å². The Morgan fingerprint density at radius 3 is 2.82 bits per heavy atom. The number of rotatable bonds is 3. The number of hydrogen-bond donors (Lipinski definition) is 1. The van der Waals surface area contributed by atoms with Gasteiger partial charge >= 0.3 is 5.88 Å². The summed E-state index contributed by atoms with van der Waals surface area (Å²) in [5.74, 6) is 2.10. The first kappa shape index (κ1) is 8.11. The molecule has 0 unspecified atom stereocenters. The van der Waals surface area contributed by atoms with Gasteiger partial charge in [0.05, 0.1) is 14.2 Å². The van der Waals surface area contributed by atoms with E-state index in [1.54, 1.807) is 7.11 Å². The highest BCUT2D eigenvalue weighted by Gasteiger charge is 2.12. The quantitative estimate of drug-likeness (QED) is 0.643. The van der Waals surface area contributed by atoms with Crippen LogP contribution in [0.5, 0.6) is 5.88 Å². The molecule has 0 aliphatic rings. The Bertz CT molecular complexity index is 230. The van der Waals surface area contributed by atoms with Crippen LogP contribution in [0, 0.1) is 0 Å². The highest BCUT2D eigenvalue weighted by Crippen LogP contribution is 2.02. The second kappa shape index (κ2) is 3.42. The molecule has 0 saturated heterocycles. The fourth-order valence-corrected chi connectivity index (χ4v) is 1.14. The fraction of sp³-hybridized carbons (Fsp3) is 0.625. The SMILES string of the molecule is CCCc1[nH]cc(OC)[n+]1C. The van der Waals surface area contributed by atoms with E-state index in [-0.39, 0.29) is 0 Å². The van der Waals surface area contributed by atoms with E-state index in [9.17, 15) is 0 Å². The summed E-state index contributed by atoms with van der Waals surface area (Å²) >= 11 is 0. The zero-order chi connectivity index (χ0) is 8.27. The van der Waals surface area contributed by atoms with Crippen molar-refractivity contribution in [1.82, 2.24) is 4.98 Å². The summed E-state index contributed by atoms with van der Waals surface area (Å²) in [6.07, 6.45) is 4.10. The van der Waals surface area contributed by atoms with Gasteiger partial charge in [0.1, 0.15) is 0 Å². The van der Waals surface area contributed by atoms with Gasteiger partial charge in [0.25, 0.3) is 5.82 Å². The van der Waals surface area contributed by atoms with Crippen molar-refractivity contribution < 1.29 is 9.30 Å². The topological polar surface area (TPSA) is 28.9 Å². The van der Waals surface area contributed by atoms with E-state index in [1.807, 2.05) is 17.8 Å². The van der Waals surface area contributed by atoms with Crippen molar-refractivity contribution >= 4 is 0 Å². The number of methoxy groups -OCH3 is 1. The largest absolute Gasteiger partial charge is 0.463 e. The van der Waals surface area contributed by atoms with Gasteiger partial charge in [0.15, 0.2) is 6.20 Å². The standard InChI is InChI=1S/C8H14N2O/c1-4-5-7-9-6-8(11-3)10(7)2/h6H,4-5H2,1-3H3/p+1. The Morgan fingerprint density at radius 2 is 2.36 bits per heavy atom. The van der Waals surface area contributed by atoms with Crippen molar-refractivity contribution in [2.24, 2.45) is 7.05 Å². The normalized spacial score (nSPS) is 10.1. The van der Waals surface area contributed by atoms with Crippen LogP contribution in [0.2, 0.25) is 0 Å². The number of aromatic amines is 1. The van der Waals surface area contributed by atoms with Crippen LogP contribution in [0.1, 0.15) is 19.2 Å². The first-order valence-electron chi connectivity index (χ1n) is 3.89. The Kier molecular flexibility index (Phi) is 2.52. The molecule has 0 amide bonds. The van der Waals surface area contributed by atoms with E-state index in [1.165, 1.54) is 5.82 Å². The van der Waals surface area contributed by atoms with Gasteiger partial charge in [-0.25, -0.2) is 9.55 Å². The third-order valence-corrected chi connectivity index (χ3v) is 1.79. The number of imidazole rings is 1. The molecule has 0 saturated carbocycles. The molecule has 0 bridgehead atoms. The molecule has 1 aromatic rings. The van der Waals surface area contributed by atoms with Gasteiger partial charge in [-0.2, -0.15) is 0 Å². The lowest BCUT2D eigenvalue weighted by Gasteiger charge is -1.94. The zero-order valence-electron chi connectivity index (χ0n) is 7.35. The number of ether oxygens (including phenoxy) is 1. The van der Waals surface area contributed by atoms with Gasteiger partial charge in [0, 0.05) is 6.42 Å². The summed E-state index contributed by atoms with van der Waals surface area (Å²) in [5.41, 5.74) is 0. The Balaban J connectivity index is 2.82. The lowest BCUT2D eigenvalue weighted by atomic mass is 10.3. The van der Waals surface area contributed by atoms with Gasteiger partial charge < -0.3 is 4.74 Å². The maximum absolute atomic E-state index is 5.10. The highest BCUT2D eigenvalue weighted by molar-refractivity contribution is 4.96. The smallest absolute Gasteiger partial charge is 0.324 e. The molecule has 1 heterocycles. The summed E-state index contributed by atoms with van der Waals surface area (Å²) in [4.78, 5) is 3.16. The van der Waals surface area contributed by atoms with Gasteiger partial charge in [-0.1, -0.05) is 6.92 Å². The lowest BCUT2D eigenvalue weighted by Crippen LogP contribution is -2.32. The van der Waals surface area contributed by atoms with Crippen LogP contribution in [-0.4, -0.2) is 12.1 Å². The van der Waals surface area contributed by atoms with E-state index in [4.69, 9.17) is 4.74 Å². The minimum absolute atomic E-state index is 0.883. The van der Waals surface area contributed by atoms with Crippen LogP contribution in [0.25, 0.3) is 0 Å². The van der Waals surface area contributed by atoms with Crippen LogP contribution < -0.4 is 9.30 Å². The molecule has 0 radical (unpaired) electrons. The molecule has 3 heteroatoms. The average molecular weight is 155 g/mol. The molecule has 1 aromatic heterocycles. The zero-order valence-corrected chi connectivity index (χ0v) is 7.35. The van der Waals surface area contributed by atoms with E-state index in [0.29, 0.717) is 0 Å². The number of aryl methyl sites for hydroxylation is 1. The number of hydrogen-bond acceptors (Lipinski definition) is 1. The van der Waals surface area contributed by atoms with E-state index in [0.717, 1.165) is 18.7 Å². The van der Waals surface area contributed by atoms with Gasteiger partial charge in [-0.3, -0.25) is 0 Å². The summed E-state index contributed by atoms with van der Waals surface area (Å²) in [7, 11) is 3.68. The Morgan fingerprint density at radius 1 is 1.64 bits per heavy atom. The third kappa shape index (κ3) is 1.53. The van der Waals surface area contributed by atoms with Crippen molar-refractivity contribution in [1.29, 1.82) is 0 Å². The molecular formula is C8H15N2O+. The lowest BCUT2D eigenvalue weighted by molar-refractivity contribution is -0.682. The van der Waals surface area contributed by atoms with E-state index < -0.39 is 0 Å². The summed E-state index contributed by atoms with van der Waals surface area (Å²) < 4.78 is 7.13. The van der Waals surface area contributed by atoms with Crippen molar-refractivity contribution in [3.8, 4) is 5.88 Å². The van der Waals surface area contributed by atoms with Gasteiger partial charge in [-0.05, 0) is 6.42 Å². The molecule has 11 heavy (non-hydrogen) atoms. The van der Waals surface area contributed by atoms with Crippen molar-refractivity contribution in [3.63, 3.8) is 0 Å². The van der Waals surface area contributed by atoms with Gasteiger partial charge in [0.2, 0.25) is 0 Å². The average Bonchev–Trinajstić information content (AvgIpc) is 2.34. The molecular weight excluding hydrogens is 140 g/mol. The first-order chi connectivity index (χ1) is 5.29. The van der Waals surface area contributed by atoms with Gasteiger partial charge in [-0.15, -0.1) is 0 Å². The minimum atomic E-state index is 0.883. The second-order valence-corrected chi connectivity index (χ2v) is 2.59. The minimum Gasteiger partial charge on any atom is -0.463 e. The maximum Gasteiger partial charge on any atom is 0.324 e. The highest BCUT2D eigenvalue weighted by atomic mass is 16.5. The van der Waals surface area contributed by atoms with E-state index in [2.05, 4.69) is 11.9 Å². The van der Waals surface area contributed by atoms with Crippen molar-refractivity contribution in [3.05, 3.63) is 12.0 Å². The van der Waals surface area contributed by atoms with Crippen LogP contribution in [0.3, 0.4) is 0 Å². The maximum atomic E-state index is 5.10. The van der Waals surface area contributed by atoms with Crippen LogP contribution >= 0.6 is 0 Å². The van der Waals surface area contributed by atoms with Crippen molar-refractivity contribution in [2.75, 3.05) is 7.11 Å². The molecule has 62 valence electrons. The predicted octanol–water partition coefficient (Wildman–Crippen LogP) is 0.800. The molecule has 0 aromatic carbocycles. The Labute approximate surface area is 67.0 Å². The molecule has 0 aliphatic heterocycles. The summed E-state index contributed by atoms with van der Waals surface area (Å²) in [6.45, 7) is 2.16. The Hall–Kier alpha value is -0.990. The fourth-order valence-electron chi connectivity index (χ4n) is 1.14. The molecule has 1 rings (SSSR count). The second-order valence-electron chi connectivity index (χ2n) is 2.59. The summed E-state index contributed by atoms with van der Waals surface area (Å²) in [5, 5.41) is 0. The molecule has 3 nitrogen and oxygen atoms in total. The number of H-pyrrole nitrogens is 1. The number of nitrogens with one attached hydrogen (secondary N) is 1. The van der Waals surface area contributed by atoms with Crippen LogP contribution in [0.4, 0.5) is 0 Å². The summed E-state index contributed by atoms with van der Waals surface area (Å²) in [6, 6.07) is 0. The molecule has 1 N–H and O–H groups in total. The predicted molar refractivity (Wildman–Crippen MR) is 42.5 cm³/mol. The van der Waals surface area contributed by atoms with Crippen molar-refractivity contribution in [2.45, 2.75) is 19.8 Å².